The van der Waals surface area contributed by atoms with Crippen molar-refractivity contribution in [1.82, 2.24) is 4.98 Å². The molecule has 68 valence electrons. The molecule has 0 aromatic carbocycles. The lowest BCUT2D eigenvalue weighted by molar-refractivity contribution is 0.349. The molecule has 13 heavy (non-hydrogen) atoms. The molecule has 1 aliphatic heterocycles. The van der Waals surface area contributed by atoms with Crippen LogP contribution in [0, 0.1) is 0 Å². The first-order valence-electron chi connectivity index (χ1n) is 4.25. The zero-order valence-corrected chi connectivity index (χ0v) is 7.65. The van der Waals surface area contributed by atoms with Gasteiger partial charge in [0.25, 0.3) is 5.88 Å². The number of ether oxygens (including phenoxy) is 2. The van der Waals surface area contributed by atoms with E-state index in [2.05, 4.69) is 18.8 Å². The van der Waals surface area contributed by atoms with E-state index < -0.39 is 0 Å². The van der Waals surface area contributed by atoms with Crippen molar-refractivity contribution in [2.75, 3.05) is 0 Å². The highest BCUT2D eigenvalue weighted by Crippen LogP contribution is 2.30. The van der Waals surface area contributed by atoms with Crippen molar-refractivity contribution in [3.63, 3.8) is 0 Å². The smallest absolute Gasteiger partial charge is 0.262 e. The van der Waals surface area contributed by atoms with Crippen LogP contribution in [0.3, 0.4) is 0 Å². The third kappa shape index (κ3) is 1.49. The molecule has 0 saturated carbocycles. The number of fused-ring (bicyclic) bond motifs is 1. The van der Waals surface area contributed by atoms with Crippen molar-refractivity contribution < 1.29 is 9.47 Å². The molecule has 0 fully saturated rings. The molecular formula is C10H11NO2. The Kier molecular flexibility index (Phi) is 1.93. The molecule has 0 unspecified atom stereocenters. The lowest BCUT2D eigenvalue weighted by Crippen LogP contribution is -2.00. The van der Waals surface area contributed by atoms with Gasteiger partial charge in [-0.3, -0.25) is 0 Å². The molecule has 1 aromatic rings. The maximum atomic E-state index is 5.25. The standard InChI is InChI=1S/C10H11NO2/c1-7(2)8-5-9-10(11-6-8)13-4-3-12-9/h3-7H,1-2H3. The van der Waals surface area contributed by atoms with E-state index in [1.807, 2.05) is 12.3 Å². The first-order chi connectivity index (χ1) is 6.27. The van der Waals surface area contributed by atoms with Gasteiger partial charge in [-0.2, -0.15) is 0 Å². The lowest BCUT2D eigenvalue weighted by Gasteiger charge is -2.13. The molecule has 0 amide bonds. The predicted molar refractivity (Wildman–Crippen MR) is 48.7 cm³/mol. The highest BCUT2D eigenvalue weighted by molar-refractivity contribution is 5.39. The van der Waals surface area contributed by atoms with Gasteiger partial charge in [-0.1, -0.05) is 13.8 Å². The minimum Gasteiger partial charge on any atom is -0.456 e. The molecule has 0 saturated heterocycles. The van der Waals surface area contributed by atoms with Gasteiger partial charge in [-0.15, -0.1) is 0 Å². The van der Waals surface area contributed by atoms with Crippen LogP contribution in [0.1, 0.15) is 25.3 Å². The zero-order chi connectivity index (χ0) is 9.26. The van der Waals surface area contributed by atoms with Crippen molar-refractivity contribution >= 4 is 0 Å². The number of hydrogen-bond acceptors (Lipinski definition) is 3. The van der Waals surface area contributed by atoms with Gasteiger partial charge in [0.05, 0.1) is 0 Å². The first kappa shape index (κ1) is 8.10. The Morgan fingerprint density at radius 3 is 2.77 bits per heavy atom. The molecule has 0 spiro atoms. The summed E-state index contributed by atoms with van der Waals surface area (Å²) in [6.07, 6.45) is 4.80. The Hall–Kier alpha value is -1.51. The van der Waals surface area contributed by atoms with E-state index >= 15 is 0 Å². The third-order valence-corrected chi connectivity index (χ3v) is 1.94. The highest BCUT2D eigenvalue weighted by Gasteiger charge is 2.11. The minimum atomic E-state index is 0.451. The molecule has 0 bridgehead atoms. The normalized spacial score (nSPS) is 13.5. The fourth-order valence-electron chi connectivity index (χ4n) is 1.13. The van der Waals surface area contributed by atoms with Crippen molar-refractivity contribution in [2.45, 2.75) is 19.8 Å². The van der Waals surface area contributed by atoms with Crippen LogP contribution in [0.2, 0.25) is 0 Å². The van der Waals surface area contributed by atoms with Gasteiger partial charge >= 0.3 is 0 Å². The maximum absolute atomic E-state index is 5.25. The van der Waals surface area contributed by atoms with Crippen LogP contribution in [0.15, 0.2) is 24.8 Å². The van der Waals surface area contributed by atoms with Crippen LogP contribution in [-0.2, 0) is 0 Å². The molecule has 2 rings (SSSR count). The topological polar surface area (TPSA) is 31.4 Å². The summed E-state index contributed by atoms with van der Waals surface area (Å²) in [5, 5.41) is 0. The summed E-state index contributed by atoms with van der Waals surface area (Å²) in [5.41, 5.74) is 1.15. The second-order valence-electron chi connectivity index (χ2n) is 3.23. The quantitative estimate of drug-likeness (QED) is 0.660. The first-order valence-corrected chi connectivity index (χ1v) is 4.25. The number of nitrogens with zero attached hydrogens (tertiary/aromatic N) is 1. The molecule has 0 radical (unpaired) electrons. The predicted octanol–water partition coefficient (Wildman–Crippen LogP) is 2.45. The third-order valence-electron chi connectivity index (χ3n) is 1.94. The van der Waals surface area contributed by atoms with Gasteiger partial charge in [0.1, 0.15) is 12.5 Å². The molecule has 0 N–H and O–H groups in total. The van der Waals surface area contributed by atoms with Crippen LogP contribution in [0.25, 0.3) is 0 Å². The van der Waals surface area contributed by atoms with Crippen molar-refractivity contribution in [3.05, 3.63) is 30.4 Å². The molecule has 3 heteroatoms. The number of aromatic nitrogens is 1. The van der Waals surface area contributed by atoms with E-state index in [9.17, 15) is 0 Å². The van der Waals surface area contributed by atoms with Gasteiger partial charge < -0.3 is 9.47 Å². The molecule has 1 aliphatic rings. The number of pyridine rings is 1. The fourth-order valence-corrected chi connectivity index (χ4v) is 1.13. The molecule has 0 aliphatic carbocycles. The summed E-state index contributed by atoms with van der Waals surface area (Å²) >= 11 is 0. The Morgan fingerprint density at radius 1 is 1.23 bits per heavy atom. The molecular weight excluding hydrogens is 166 g/mol. The van der Waals surface area contributed by atoms with Gasteiger partial charge in [-0.05, 0) is 17.5 Å². The average Bonchev–Trinajstić information content (AvgIpc) is 2.17. The second kappa shape index (κ2) is 3.09. The van der Waals surface area contributed by atoms with E-state index in [1.165, 1.54) is 12.5 Å². The number of rotatable bonds is 1. The SMILES string of the molecule is CC(C)c1cnc2c(c1)OC=CO2. The summed E-state index contributed by atoms with van der Waals surface area (Å²) in [7, 11) is 0. The van der Waals surface area contributed by atoms with Gasteiger partial charge in [0, 0.05) is 6.20 Å². The van der Waals surface area contributed by atoms with E-state index in [0.717, 1.165) is 5.56 Å². The maximum Gasteiger partial charge on any atom is 0.262 e. The summed E-state index contributed by atoms with van der Waals surface area (Å²) in [5.74, 6) is 1.67. The van der Waals surface area contributed by atoms with Gasteiger partial charge in [0.2, 0.25) is 0 Å². The van der Waals surface area contributed by atoms with Crippen molar-refractivity contribution in [1.29, 1.82) is 0 Å². The number of hydrogen-bond donors (Lipinski definition) is 0. The van der Waals surface area contributed by atoms with Crippen LogP contribution in [0.5, 0.6) is 11.6 Å². The highest BCUT2D eigenvalue weighted by atomic mass is 16.5. The van der Waals surface area contributed by atoms with Gasteiger partial charge in [0.15, 0.2) is 5.75 Å². The van der Waals surface area contributed by atoms with Crippen LogP contribution in [-0.4, -0.2) is 4.98 Å². The van der Waals surface area contributed by atoms with Crippen LogP contribution < -0.4 is 9.47 Å². The van der Waals surface area contributed by atoms with E-state index in [0.29, 0.717) is 17.5 Å². The van der Waals surface area contributed by atoms with Crippen LogP contribution in [0.4, 0.5) is 0 Å². The Labute approximate surface area is 77.0 Å². The lowest BCUT2D eigenvalue weighted by atomic mass is 10.1. The average molecular weight is 177 g/mol. The molecule has 2 heterocycles. The van der Waals surface area contributed by atoms with Crippen molar-refractivity contribution in [3.8, 4) is 11.6 Å². The summed E-state index contributed by atoms with van der Waals surface area (Å²) in [6.45, 7) is 4.23. The van der Waals surface area contributed by atoms with Gasteiger partial charge in [-0.25, -0.2) is 4.98 Å². The monoisotopic (exact) mass is 177 g/mol. The van der Waals surface area contributed by atoms with E-state index in [1.54, 1.807) is 0 Å². The van der Waals surface area contributed by atoms with Crippen LogP contribution >= 0.6 is 0 Å². The summed E-state index contributed by atoms with van der Waals surface area (Å²) < 4.78 is 10.4. The Morgan fingerprint density at radius 2 is 2.00 bits per heavy atom. The Balaban J connectivity index is 2.38. The van der Waals surface area contributed by atoms with E-state index in [-0.39, 0.29) is 0 Å². The summed E-state index contributed by atoms with van der Waals surface area (Å²) in [6, 6.07) is 1.95. The fraction of sp³-hybridized carbons (Fsp3) is 0.300. The Bertz CT molecular complexity index is 345. The second-order valence-corrected chi connectivity index (χ2v) is 3.23. The molecule has 1 aromatic heterocycles. The minimum absolute atomic E-state index is 0.451. The van der Waals surface area contributed by atoms with Crippen molar-refractivity contribution in [2.24, 2.45) is 0 Å². The largest absolute Gasteiger partial charge is 0.456 e. The van der Waals surface area contributed by atoms with E-state index in [4.69, 9.17) is 9.47 Å². The molecule has 0 atom stereocenters. The summed E-state index contributed by atoms with van der Waals surface area (Å²) in [4.78, 5) is 4.14. The molecule has 3 nitrogen and oxygen atoms in total. The zero-order valence-electron chi connectivity index (χ0n) is 7.65.